The highest BCUT2D eigenvalue weighted by atomic mass is 79.9. The number of oxime groups is 1. The molecule has 1 aromatic rings. The van der Waals surface area contributed by atoms with Gasteiger partial charge in [0.2, 0.25) is 0 Å². The number of hydrogen-bond acceptors (Lipinski definition) is 3. The van der Waals surface area contributed by atoms with Gasteiger partial charge in [0.25, 0.3) is 0 Å². The number of rotatable bonds is 1. The summed E-state index contributed by atoms with van der Waals surface area (Å²) in [5.74, 6) is -0.528. The van der Waals surface area contributed by atoms with Gasteiger partial charge in [-0.2, -0.15) is 0 Å². The minimum absolute atomic E-state index is 0.0417. The lowest BCUT2D eigenvalue weighted by Crippen LogP contribution is -1.96. The van der Waals surface area contributed by atoms with E-state index in [0.717, 1.165) is 6.07 Å². The second-order valence-electron chi connectivity index (χ2n) is 2.13. The number of nitrogens with zero attached hydrogens (tertiary/aromatic N) is 1. The van der Waals surface area contributed by atoms with Crippen LogP contribution in [0.4, 0.5) is 10.1 Å². The maximum atomic E-state index is 13.0. The highest BCUT2D eigenvalue weighted by Crippen LogP contribution is 2.15. The monoisotopic (exact) mass is 232 g/mol. The van der Waals surface area contributed by atoms with Crippen LogP contribution in [0.5, 0.6) is 0 Å². The van der Waals surface area contributed by atoms with Crippen LogP contribution in [-0.4, -0.2) is 9.83 Å². The molecule has 0 bridgehead atoms. The van der Waals surface area contributed by atoms with Crippen molar-refractivity contribution in [3.05, 3.63) is 29.6 Å². The van der Waals surface area contributed by atoms with Gasteiger partial charge in [-0.1, -0.05) is 5.16 Å². The molecule has 3 N–H and O–H groups in total. The first-order chi connectivity index (χ1) is 5.65. The molecule has 0 aliphatic heterocycles. The van der Waals surface area contributed by atoms with Gasteiger partial charge in [-0.05, 0) is 34.1 Å². The lowest BCUT2D eigenvalue weighted by molar-refractivity contribution is 0.321. The minimum atomic E-state index is -0.528. The van der Waals surface area contributed by atoms with Crippen LogP contribution in [0.15, 0.2) is 23.4 Å². The van der Waals surface area contributed by atoms with E-state index in [1.165, 1.54) is 12.1 Å². The molecule has 0 radical (unpaired) electrons. The highest BCUT2D eigenvalue weighted by Gasteiger charge is 2.06. The number of nitrogen functional groups attached to an aromatic ring is 1. The molecule has 0 aliphatic rings. The molecular formula is C7H6BrFN2O. The van der Waals surface area contributed by atoms with Crippen molar-refractivity contribution >= 4 is 26.2 Å². The summed E-state index contributed by atoms with van der Waals surface area (Å²) >= 11 is 2.88. The number of anilines is 1. The largest absolute Gasteiger partial charge is 0.410 e. The average molecular weight is 233 g/mol. The van der Waals surface area contributed by atoms with Crippen LogP contribution in [0, 0.1) is 5.82 Å². The van der Waals surface area contributed by atoms with Gasteiger partial charge >= 0.3 is 0 Å². The standard InChI is InChI=1S/C7H6BrFN2O/c8-7(11-12)5-2-1-4(10)3-6(5)9/h1-3,12H,10H2. The Morgan fingerprint density at radius 3 is 2.75 bits per heavy atom. The Morgan fingerprint density at radius 1 is 1.58 bits per heavy atom. The predicted molar refractivity (Wildman–Crippen MR) is 48.1 cm³/mol. The van der Waals surface area contributed by atoms with Gasteiger partial charge in [0.15, 0.2) is 4.62 Å². The van der Waals surface area contributed by atoms with E-state index in [4.69, 9.17) is 10.9 Å². The molecule has 0 heterocycles. The Kier molecular flexibility index (Phi) is 2.65. The Bertz CT molecular complexity index is 327. The van der Waals surface area contributed by atoms with Crippen molar-refractivity contribution in [3.63, 3.8) is 0 Å². The molecule has 3 nitrogen and oxygen atoms in total. The molecule has 0 atom stereocenters. The Hall–Kier alpha value is -1.10. The van der Waals surface area contributed by atoms with E-state index in [-0.39, 0.29) is 10.2 Å². The molecule has 0 aliphatic carbocycles. The van der Waals surface area contributed by atoms with Crippen molar-refractivity contribution in [1.82, 2.24) is 0 Å². The van der Waals surface area contributed by atoms with Crippen LogP contribution in [0.25, 0.3) is 0 Å². The summed E-state index contributed by atoms with van der Waals surface area (Å²) in [6, 6.07) is 4.10. The third-order valence-electron chi connectivity index (χ3n) is 1.30. The number of nitrogens with two attached hydrogens (primary N) is 1. The average Bonchev–Trinajstić information content (AvgIpc) is 2.03. The Balaban J connectivity index is 3.18. The molecule has 12 heavy (non-hydrogen) atoms. The summed E-state index contributed by atoms with van der Waals surface area (Å²) in [5.41, 5.74) is 5.81. The van der Waals surface area contributed by atoms with E-state index < -0.39 is 5.82 Å². The third-order valence-corrected chi connectivity index (χ3v) is 1.89. The zero-order valence-corrected chi connectivity index (χ0v) is 7.55. The second kappa shape index (κ2) is 3.53. The summed E-state index contributed by atoms with van der Waals surface area (Å²) in [6.07, 6.45) is 0. The van der Waals surface area contributed by atoms with Crippen molar-refractivity contribution in [2.24, 2.45) is 5.16 Å². The van der Waals surface area contributed by atoms with E-state index in [2.05, 4.69) is 21.1 Å². The Labute approximate surface area is 76.8 Å². The SMILES string of the molecule is Nc1ccc(C(Br)=NO)c(F)c1. The van der Waals surface area contributed by atoms with Crippen molar-refractivity contribution in [1.29, 1.82) is 0 Å². The van der Waals surface area contributed by atoms with Crippen LogP contribution in [0.1, 0.15) is 5.56 Å². The maximum absolute atomic E-state index is 13.0. The maximum Gasteiger partial charge on any atom is 0.155 e. The first kappa shape index (κ1) is 8.99. The summed E-state index contributed by atoms with van der Waals surface area (Å²) in [4.78, 5) is 0. The van der Waals surface area contributed by atoms with Crippen molar-refractivity contribution in [2.75, 3.05) is 5.73 Å². The molecule has 5 heteroatoms. The van der Waals surface area contributed by atoms with Gasteiger partial charge in [-0.3, -0.25) is 0 Å². The lowest BCUT2D eigenvalue weighted by atomic mass is 10.2. The molecule has 0 spiro atoms. The van der Waals surface area contributed by atoms with Gasteiger partial charge in [0.05, 0.1) is 0 Å². The van der Waals surface area contributed by atoms with E-state index in [9.17, 15) is 4.39 Å². The van der Waals surface area contributed by atoms with Gasteiger partial charge in [0.1, 0.15) is 5.82 Å². The lowest BCUT2D eigenvalue weighted by Gasteiger charge is -1.99. The molecular weight excluding hydrogens is 227 g/mol. The van der Waals surface area contributed by atoms with Crippen LogP contribution in [0.3, 0.4) is 0 Å². The molecule has 0 unspecified atom stereocenters. The van der Waals surface area contributed by atoms with Gasteiger partial charge < -0.3 is 10.9 Å². The predicted octanol–water partition coefficient (Wildman–Crippen LogP) is 1.94. The second-order valence-corrected chi connectivity index (χ2v) is 2.88. The fraction of sp³-hybridized carbons (Fsp3) is 0. The molecule has 0 aromatic heterocycles. The fourth-order valence-corrected chi connectivity index (χ4v) is 1.07. The third kappa shape index (κ3) is 1.73. The zero-order valence-electron chi connectivity index (χ0n) is 5.96. The highest BCUT2D eigenvalue weighted by molar-refractivity contribution is 9.18. The van der Waals surface area contributed by atoms with Crippen LogP contribution < -0.4 is 5.73 Å². The molecule has 0 fully saturated rings. The first-order valence-corrected chi connectivity index (χ1v) is 3.87. The topological polar surface area (TPSA) is 58.6 Å². The van der Waals surface area contributed by atoms with Crippen molar-refractivity contribution in [3.8, 4) is 0 Å². The fourth-order valence-electron chi connectivity index (χ4n) is 0.753. The van der Waals surface area contributed by atoms with E-state index in [1.807, 2.05) is 0 Å². The van der Waals surface area contributed by atoms with Crippen LogP contribution >= 0.6 is 15.9 Å². The number of benzene rings is 1. The number of halogens is 2. The smallest absolute Gasteiger partial charge is 0.155 e. The van der Waals surface area contributed by atoms with Gasteiger partial charge in [0, 0.05) is 11.3 Å². The minimum Gasteiger partial charge on any atom is -0.410 e. The van der Waals surface area contributed by atoms with E-state index in [0.29, 0.717) is 5.69 Å². The molecule has 0 saturated carbocycles. The summed E-state index contributed by atoms with van der Waals surface area (Å²) in [6.45, 7) is 0. The van der Waals surface area contributed by atoms with Crippen LogP contribution in [0.2, 0.25) is 0 Å². The molecule has 1 rings (SSSR count). The van der Waals surface area contributed by atoms with Gasteiger partial charge in [-0.15, -0.1) is 0 Å². The molecule has 64 valence electrons. The number of hydrogen-bond donors (Lipinski definition) is 2. The summed E-state index contributed by atoms with van der Waals surface area (Å²) in [7, 11) is 0. The molecule has 0 saturated heterocycles. The summed E-state index contributed by atoms with van der Waals surface area (Å²) < 4.78 is 13.0. The zero-order chi connectivity index (χ0) is 9.14. The summed E-state index contributed by atoms with van der Waals surface area (Å²) in [5, 5.41) is 11.1. The van der Waals surface area contributed by atoms with E-state index >= 15 is 0 Å². The first-order valence-electron chi connectivity index (χ1n) is 3.08. The van der Waals surface area contributed by atoms with Crippen molar-refractivity contribution in [2.45, 2.75) is 0 Å². The van der Waals surface area contributed by atoms with Crippen LogP contribution in [-0.2, 0) is 0 Å². The Morgan fingerprint density at radius 2 is 2.25 bits per heavy atom. The molecule has 0 amide bonds. The van der Waals surface area contributed by atoms with E-state index in [1.54, 1.807) is 0 Å². The normalized spacial score (nSPS) is 11.7. The van der Waals surface area contributed by atoms with Crippen molar-refractivity contribution < 1.29 is 9.60 Å². The molecule has 1 aromatic carbocycles. The van der Waals surface area contributed by atoms with Gasteiger partial charge in [-0.25, -0.2) is 4.39 Å². The quantitative estimate of drug-likeness (QED) is 0.337.